The molecule has 0 aliphatic carbocycles. The maximum Gasteiger partial charge on any atom is 0.137 e. The minimum atomic E-state index is 0.533. The van der Waals surface area contributed by atoms with Crippen LogP contribution in [0.5, 0.6) is 0 Å². The fourth-order valence-electron chi connectivity index (χ4n) is 2.04. The molecule has 0 spiro atoms. The van der Waals surface area contributed by atoms with Crippen molar-refractivity contribution < 1.29 is 0 Å². The lowest BCUT2D eigenvalue weighted by Crippen LogP contribution is -2.25. The Morgan fingerprint density at radius 3 is 2.72 bits per heavy atom. The van der Waals surface area contributed by atoms with Crippen LogP contribution in [-0.4, -0.2) is 27.5 Å². The van der Waals surface area contributed by atoms with Crippen molar-refractivity contribution in [3.63, 3.8) is 0 Å². The minimum absolute atomic E-state index is 0.533. The molecule has 1 N–H and O–H groups in total. The van der Waals surface area contributed by atoms with Crippen molar-refractivity contribution in [1.29, 1.82) is 0 Å². The summed E-state index contributed by atoms with van der Waals surface area (Å²) in [5.41, 5.74) is 0.967. The van der Waals surface area contributed by atoms with E-state index in [4.69, 9.17) is 11.6 Å². The lowest BCUT2D eigenvalue weighted by molar-refractivity contribution is 0.661. The SMILES string of the molecule is CCCc1nc(Cl)c(C)c(NC2CCSCC2)n1. The predicted molar refractivity (Wildman–Crippen MR) is 79.7 cm³/mol. The normalized spacial score (nSPS) is 16.8. The molecule has 0 radical (unpaired) electrons. The van der Waals surface area contributed by atoms with E-state index in [9.17, 15) is 0 Å². The van der Waals surface area contributed by atoms with Gasteiger partial charge in [0.15, 0.2) is 0 Å². The summed E-state index contributed by atoms with van der Waals surface area (Å²) in [6.45, 7) is 4.11. The number of nitrogens with one attached hydrogen (secondary N) is 1. The Morgan fingerprint density at radius 2 is 2.06 bits per heavy atom. The highest BCUT2D eigenvalue weighted by molar-refractivity contribution is 7.99. The molecule has 0 amide bonds. The molecule has 0 bridgehead atoms. The number of anilines is 1. The highest BCUT2D eigenvalue weighted by atomic mass is 35.5. The standard InChI is InChI=1S/C13H20ClN3S/c1-3-4-11-16-12(14)9(2)13(17-11)15-10-5-7-18-8-6-10/h10H,3-8H2,1-2H3,(H,15,16,17). The van der Waals surface area contributed by atoms with Crippen molar-refractivity contribution in [1.82, 2.24) is 9.97 Å². The van der Waals surface area contributed by atoms with Gasteiger partial charge in [0.1, 0.15) is 16.8 Å². The first-order valence-electron chi connectivity index (χ1n) is 6.58. The molecule has 0 aromatic carbocycles. The van der Waals surface area contributed by atoms with Gasteiger partial charge in [0, 0.05) is 18.0 Å². The first kappa shape index (κ1) is 13.9. The second kappa shape index (κ2) is 6.62. The van der Waals surface area contributed by atoms with Gasteiger partial charge in [0.2, 0.25) is 0 Å². The molecule has 0 atom stereocenters. The molecule has 1 fully saturated rings. The Balaban J connectivity index is 2.14. The van der Waals surface area contributed by atoms with Gasteiger partial charge in [-0.15, -0.1) is 0 Å². The number of nitrogens with zero attached hydrogens (tertiary/aromatic N) is 2. The van der Waals surface area contributed by atoms with Crippen molar-refractivity contribution in [2.24, 2.45) is 0 Å². The van der Waals surface area contributed by atoms with Crippen LogP contribution < -0.4 is 5.32 Å². The number of hydrogen-bond acceptors (Lipinski definition) is 4. The van der Waals surface area contributed by atoms with E-state index in [0.29, 0.717) is 11.2 Å². The summed E-state index contributed by atoms with van der Waals surface area (Å²) in [5.74, 6) is 4.24. The van der Waals surface area contributed by atoms with E-state index in [1.165, 1.54) is 24.3 Å². The summed E-state index contributed by atoms with van der Waals surface area (Å²) in [5, 5.41) is 4.12. The molecule has 2 rings (SSSR count). The van der Waals surface area contributed by atoms with E-state index in [-0.39, 0.29) is 0 Å². The molecule has 1 aliphatic rings. The first-order valence-corrected chi connectivity index (χ1v) is 8.11. The van der Waals surface area contributed by atoms with Gasteiger partial charge in [-0.2, -0.15) is 11.8 Å². The van der Waals surface area contributed by atoms with Crippen LogP contribution in [0.1, 0.15) is 37.6 Å². The topological polar surface area (TPSA) is 37.8 Å². The van der Waals surface area contributed by atoms with Crippen molar-refractivity contribution >= 4 is 29.2 Å². The summed E-state index contributed by atoms with van der Waals surface area (Å²) in [7, 11) is 0. The lowest BCUT2D eigenvalue weighted by Gasteiger charge is -2.24. The molecule has 0 saturated carbocycles. The zero-order valence-corrected chi connectivity index (χ0v) is 12.6. The highest BCUT2D eigenvalue weighted by Gasteiger charge is 2.16. The Labute approximate surface area is 118 Å². The molecule has 5 heteroatoms. The maximum absolute atomic E-state index is 6.18. The molecule has 100 valence electrons. The third kappa shape index (κ3) is 3.51. The molecule has 1 saturated heterocycles. The van der Waals surface area contributed by atoms with Crippen LogP contribution in [0.15, 0.2) is 0 Å². The van der Waals surface area contributed by atoms with Crippen LogP contribution in [0.25, 0.3) is 0 Å². The molecule has 2 heterocycles. The fraction of sp³-hybridized carbons (Fsp3) is 0.692. The van der Waals surface area contributed by atoms with Crippen LogP contribution in [0.2, 0.25) is 5.15 Å². The van der Waals surface area contributed by atoms with Crippen LogP contribution in [-0.2, 0) is 6.42 Å². The molecular weight excluding hydrogens is 266 g/mol. The van der Waals surface area contributed by atoms with E-state index in [1.807, 2.05) is 18.7 Å². The van der Waals surface area contributed by atoms with E-state index >= 15 is 0 Å². The largest absolute Gasteiger partial charge is 0.367 e. The first-order chi connectivity index (χ1) is 8.70. The van der Waals surface area contributed by atoms with Crippen LogP contribution in [0.4, 0.5) is 5.82 Å². The van der Waals surface area contributed by atoms with Crippen molar-refractivity contribution in [3.8, 4) is 0 Å². The molecule has 3 nitrogen and oxygen atoms in total. The van der Waals surface area contributed by atoms with Gasteiger partial charge < -0.3 is 5.32 Å². The van der Waals surface area contributed by atoms with Crippen LogP contribution in [0, 0.1) is 6.92 Å². The van der Waals surface area contributed by atoms with Gasteiger partial charge in [0.05, 0.1) is 0 Å². The summed E-state index contributed by atoms with van der Waals surface area (Å²) >= 11 is 8.21. The van der Waals surface area contributed by atoms with Crippen molar-refractivity contribution in [3.05, 3.63) is 16.5 Å². The number of aryl methyl sites for hydroxylation is 1. The Hall–Kier alpha value is -0.480. The molecular formula is C13H20ClN3S. The number of aromatic nitrogens is 2. The monoisotopic (exact) mass is 285 g/mol. The van der Waals surface area contributed by atoms with Gasteiger partial charge >= 0.3 is 0 Å². The average Bonchev–Trinajstić information content (AvgIpc) is 2.37. The van der Waals surface area contributed by atoms with Gasteiger partial charge in [-0.25, -0.2) is 9.97 Å². The summed E-state index contributed by atoms with van der Waals surface area (Å²) in [4.78, 5) is 8.93. The third-order valence-electron chi connectivity index (χ3n) is 3.17. The maximum atomic E-state index is 6.18. The Kier molecular flexibility index (Phi) is 5.13. The summed E-state index contributed by atoms with van der Waals surface area (Å²) < 4.78 is 0. The lowest BCUT2D eigenvalue weighted by atomic mass is 10.1. The number of rotatable bonds is 4. The van der Waals surface area contributed by atoms with E-state index in [1.54, 1.807) is 0 Å². The van der Waals surface area contributed by atoms with Crippen LogP contribution >= 0.6 is 23.4 Å². The molecule has 1 aromatic rings. The molecule has 1 aliphatic heterocycles. The summed E-state index contributed by atoms with van der Waals surface area (Å²) in [6.07, 6.45) is 4.33. The second-order valence-corrected chi connectivity index (χ2v) is 6.27. The zero-order valence-electron chi connectivity index (χ0n) is 11.0. The Bertz CT molecular complexity index is 405. The van der Waals surface area contributed by atoms with Crippen molar-refractivity contribution in [2.75, 3.05) is 16.8 Å². The molecule has 18 heavy (non-hydrogen) atoms. The highest BCUT2D eigenvalue weighted by Crippen LogP contribution is 2.25. The zero-order chi connectivity index (χ0) is 13.0. The van der Waals surface area contributed by atoms with Gasteiger partial charge in [0.25, 0.3) is 0 Å². The van der Waals surface area contributed by atoms with E-state index < -0.39 is 0 Å². The minimum Gasteiger partial charge on any atom is -0.367 e. The smallest absolute Gasteiger partial charge is 0.137 e. The number of thioether (sulfide) groups is 1. The quantitative estimate of drug-likeness (QED) is 0.856. The average molecular weight is 286 g/mol. The Morgan fingerprint density at radius 1 is 1.33 bits per heavy atom. The van der Waals surface area contributed by atoms with Gasteiger partial charge in [-0.1, -0.05) is 18.5 Å². The molecule has 1 aromatic heterocycles. The van der Waals surface area contributed by atoms with E-state index in [2.05, 4.69) is 22.2 Å². The third-order valence-corrected chi connectivity index (χ3v) is 4.59. The second-order valence-electron chi connectivity index (χ2n) is 4.69. The number of halogens is 1. The van der Waals surface area contributed by atoms with Gasteiger partial charge in [-0.05, 0) is 37.7 Å². The number of hydrogen-bond donors (Lipinski definition) is 1. The summed E-state index contributed by atoms with van der Waals surface area (Å²) in [6, 6.07) is 0.533. The predicted octanol–water partition coefficient (Wildman–Crippen LogP) is 3.70. The van der Waals surface area contributed by atoms with Gasteiger partial charge in [-0.3, -0.25) is 0 Å². The van der Waals surface area contributed by atoms with Crippen LogP contribution in [0.3, 0.4) is 0 Å². The van der Waals surface area contributed by atoms with E-state index in [0.717, 1.165) is 30.0 Å². The molecule has 0 unspecified atom stereocenters. The fourth-order valence-corrected chi connectivity index (χ4v) is 3.34. The van der Waals surface area contributed by atoms with Crippen molar-refractivity contribution in [2.45, 2.75) is 45.6 Å².